The molecule has 3 aromatic rings. The third-order valence-corrected chi connectivity index (χ3v) is 6.24. The van der Waals surface area contributed by atoms with Gasteiger partial charge in [-0.1, -0.05) is 66.2 Å². The van der Waals surface area contributed by atoms with Crippen molar-refractivity contribution in [3.05, 3.63) is 64.0 Å². The van der Waals surface area contributed by atoms with Crippen LogP contribution in [0.2, 0.25) is 0 Å². The monoisotopic (exact) mass is 514 g/mol. The van der Waals surface area contributed by atoms with Crippen LogP contribution in [-0.4, -0.2) is 23.2 Å². The fourth-order valence-corrected chi connectivity index (χ4v) is 4.19. The van der Waals surface area contributed by atoms with Gasteiger partial charge < -0.3 is 19.6 Å². The number of benzene rings is 2. The number of aromatic nitrogens is 1. The van der Waals surface area contributed by atoms with Crippen molar-refractivity contribution in [3.63, 3.8) is 0 Å². The Bertz CT molecular complexity index is 1130. The zero-order chi connectivity index (χ0) is 26.0. The summed E-state index contributed by atoms with van der Waals surface area (Å²) in [5.74, 6) is 2.64. The Morgan fingerprint density at radius 2 is 1.58 bits per heavy atom. The van der Waals surface area contributed by atoms with Crippen LogP contribution in [-0.2, 0) is 23.8 Å². The molecule has 5 nitrogen and oxygen atoms in total. The largest absolute Gasteiger partial charge is 0.507 e. The van der Waals surface area contributed by atoms with Gasteiger partial charge in [0.05, 0.1) is 12.3 Å². The molecule has 0 radical (unpaired) electrons. The highest BCUT2D eigenvalue weighted by Crippen LogP contribution is 2.42. The lowest BCUT2D eigenvalue weighted by atomic mass is 9.78. The molecule has 0 saturated heterocycles. The van der Waals surface area contributed by atoms with Crippen molar-refractivity contribution in [1.82, 2.24) is 10.3 Å². The highest BCUT2D eigenvalue weighted by atomic mass is 35.5. The Morgan fingerprint density at radius 1 is 0.972 bits per heavy atom. The van der Waals surface area contributed by atoms with Crippen molar-refractivity contribution in [3.8, 4) is 23.0 Å². The van der Waals surface area contributed by atoms with E-state index in [0.717, 1.165) is 52.5 Å². The SMILES string of the molecule is CCNCc1cc(C)ccc1OCCc1nc(-c2cc(C(C)(C)C)c(O)c(C(C)(C)C)c2)oc1C.Cl. The number of nitrogens with one attached hydrogen (secondary N) is 1. The van der Waals surface area contributed by atoms with Gasteiger partial charge in [-0.2, -0.15) is 0 Å². The molecule has 198 valence electrons. The molecule has 0 fully saturated rings. The Hall–Kier alpha value is -2.50. The summed E-state index contributed by atoms with van der Waals surface area (Å²) in [6, 6.07) is 10.3. The fourth-order valence-electron chi connectivity index (χ4n) is 4.19. The van der Waals surface area contributed by atoms with E-state index in [4.69, 9.17) is 14.1 Å². The number of nitrogens with zero attached hydrogens (tertiary/aromatic N) is 1. The molecule has 0 amide bonds. The topological polar surface area (TPSA) is 67.5 Å². The summed E-state index contributed by atoms with van der Waals surface area (Å²) in [4.78, 5) is 4.83. The Balaban J connectivity index is 0.00000456. The van der Waals surface area contributed by atoms with E-state index in [2.05, 4.69) is 72.8 Å². The molecule has 2 N–H and O–H groups in total. The predicted octanol–water partition coefficient (Wildman–Crippen LogP) is 7.41. The van der Waals surface area contributed by atoms with Gasteiger partial charge >= 0.3 is 0 Å². The van der Waals surface area contributed by atoms with Gasteiger partial charge in [-0.15, -0.1) is 12.4 Å². The van der Waals surface area contributed by atoms with E-state index < -0.39 is 0 Å². The Labute approximate surface area is 223 Å². The second-order valence-electron chi connectivity index (χ2n) is 11.4. The first-order chi connectivity index (χ1) is 16.3. The third-order valence-electron chi connectivity index (χ3n) is 6.24. The van der Waals surface area contributed by atoms with Gasteiger partial charge in [-0.05, 0) is 49.4 Å². The fraction of sp³-hybridized carbons (Fsp3) is 0.500. The van der Waals surface area contributed by atoms with Gasteiger partial charge in [0.2, 0.25) is 5.89 Å². The molecule has 1 aromatic heterocycles. The van der Waals surface area contributed by atoms with Crippen molar-refractivity contribution in [2.45, 2.75) is 86.1 Å². The van der Waals surface area contributed by atoms with Crippen LogP contribution in [0, 0.1) is 13.8 Å². The molecule has 1 heterocycles. The number of halogens is 1. The molecule has 36 heavy (non-hydrogen) atoms. The molecule has 0 unspecified atom stereocenters. The summed E-state index contributed by atoms with van der Waals surface area (Å²) in [6.07, 6.45) is 0.653. The zero-order valence-corrected chi connectivity index (χ0v) is 24.2. The molecule has 6 heteroatoms. The molecule has 0 aliphatic heterocycles. The summed E-state index contributed by atoms with van der Waals surface area (Å²) in [6.45, 7) is 21.0. The van der Waals surface area contributed by atoms with Gasteiger partial charge in [0.15, 0.2) is 0 Å². The van der Waals surface area contributed by atoms with Crippen LogP contribution in [0.4, 0.5) is 0 Å². The first kappa shape index (κ1) is 29.7. The standard InChI is InChI=1S/C30H42N2O3.ClH/c1-10-31-18-22-15-19(2)11-12-26(22)34-14-13-25-20(3)35-28(32-25)21-16-23(29(4,5)6)27(33)24(17-21)30(7,8)9;/h11-12,15-17,31,33H,10,13-14,18H2,1-9H3;1H. The van der Waals surface area contributed by atoms with Gasteiger partial charge in [0, 0.05) is 35.2 Å². The van der Waals surface area contributed by atoms with E-state index in [-0.39, 0.29) is 23.2 Å². The molecule has 0 aliphatic rings. The Kier molecular flexibility index (Phi) is 9.66. The van der Waals surface area contributed by atoms with Crippen LogP contribution in [0.25, 0.3) is 11.5 Å². The third kappa shape index (κ3) is 7.04. The van der Waals surface area contributed by atoms with Gasteiger partial charge in [-0.25, -0.2) is 4.98 Å². The lowest BCUT2D eigenvalue weighted by Gasteiger charge is -2.27. The molecule has 0 spiro atoms. The number of phenols is 1. The smallest absolute Gasteiger partial charge is 0.226 e. The minimum absolute atomic E-state index is 0. The van der Waals surface area contributed by atoms with E-state index in [9.17, 15) is 5.11 Å². The van der Waals surface area contributed by atoms with E-state index in [1.54, 1.807) is 0 Å². The lowest BCUT2D eigenvalue weighted by molar-refractivity contribution is 0.315. The number of phenolic OH excluding ortho intramolecular Hbond substituents is 1. The quantitative estimate of drug-likeness (QED) is 0.327. The predicted molar refractivity (Wildman–Crippen MR) is 151 cm³/mol. The van der Waals surface area contributed by atoms with Crippen molar-refractivity contribution >= 4 is 12.4 Å². The minimum atomic E-state index is -0.212. The molecule has 0 aliphatic carbocycles. The van der Waals surface area contributed by atoms with Gasteiger partial charge in [0.25, 0.3) is 0 Å². The van der Waals surface area contributed by atoms with Crippen LogP contribution in [0.5, 0.6) is 11.5 Å². The average Bonchev–Trinajstić information content (AvgIpc) is 3.12. The summed E-state index contributed by atoms with van der Waals surface area (Å²) in [5.41, 5.74) is 5.54. The van der Waals surface area contributed by atoms with E-state index in [0.29, 0.717) is 24.7 Å². The van der Waals surface area contributed by atoms with E-state index in [1.807, 2.05) is 25.1 Å². The second-order valence-corrected chi connectivity index (χ2v) is 11.4. The summed E-state index contributed by atoms with van der Waals surface area (Å²) >= 11 is 0. The van der Waals surface area contributed by atoms with Crippen LogP contribution in [0.15, 0.2) is 34.7 Å². The second kappa shape index (κ2) is 11.7. The van der Waals surface area contributed by atoms with Gasteiger partial charge in [-0.3, -0.25) is 0 Å². The van der Waals surface area contributed by atoms with Crippen LogP contribution < -0.4 is 10.1 Å². The van der Waals surface area contributed by atoms with Crippen molar-refractivity contribution in [1.29, 1.82) is 0 Å². The maximum atomic E-state index is 11.0. The van der Waals surface area contributed by atoms with Crippen molar-refractivity contribution < 1.29 is 14.3 Å². The van der Waals surface area contributed by atoms with Crippen LogP contribution in [0.3, 0.4) is 0 Å². The molecule has 3 rings (SSSR count). The molecule has 0 atom stereocenters. The summed E-state index contributed by atoms with van der Waals surface area (Å²) in [5, 5.41) is 14.4. The summed E-state index contributed by atoms with van der Waals surface area (Å²) in [7, 11) is 0. The number of rotatable bonds is 8. The number of ether oxygens (including phenoxy) is 1. The maximum absolute atomic E-state index is 11.0. The van der Waals surface area contributed by atoms with E-state index >= 15 is 0 Å². The number of hydrogen-bond acceptors (Lipinski definition) is 5. The van der Waals surface area contributed by atoms with E-state index in [1.165, 1.54) is 5.56 Å². The number of aryl methyl sites for hydroxylation is 2. The highest BCUT2D eigenvalue weighted by Gasteiger charge is 2.28. The summed E-state index contributed by atoms with van der Waals surface area (Å²) < 4.78 is 12.3. The Morgan fingerprint density at radius 3 is 2.14 bits per heavy atom. The molecule has 0 bridgehead atoms. The maximum Gasteiger partial charge on any atom is 0.226 e. The normalized spacial score (nSPS) is 11.9. The van der Waals surface area contributed by atoms with Crippen molar-refractivity contribution in [2.75, 3.05) is 13.2 Å². The minimum Gasteiger partial charge on any atom is -0.507 e. The zero-order valence-electron chi connectivity index (χ0n) is 23.3. The molecule has 2 aromatic carbocycles. The molecular weight excluding hydrogens is 472 g/mol. The molecular formula is C30H43ClN2O3. The van der Waals surface area contributed by atoms with Gasteiger partial charge in [0.1, 0.15) is 17.3 Å². The molecule has 0 saturated carbocycles. The first-order valence-electron chi connectivity index (χ1n) is 12.6. The lowest BCUT2D eigenvalue weighted by Crippen LogP contribution is -2.17. The highest BCUT2D eigenvalue weighted by molar-refractivity contribution is 5.85. The number of aromatic hydroxyl groups is 1. The van der Waals surface area contributed by atoms with Crippen LogP contribution >= 0.6 is 12.4 Å². The first-order valence-corrected chi connectivity index (χ1v) is 12.6. The van der Waals surface area contributed by atoms with Crippen LogP contribution in [0.1, 0.15) is 82.2 Å². The average molecular weight is 515 g/mol. The van der Waals surface area contributed by atoms with Crippen molar-refractivity contribution in [2.24, 2.45) is 0 Å². The number of oxazole rings is 1. The number of hydrogen-bond donors (Lipinski definition) is 2.